The Morgan fingerprint density at radius 2 is 1.88 bits per heavy atom. The van der Waals surface area contributed by atoms with Crippen LogP contribution < -0.4 is 4.74 Å². The molecule has 0 aromatic heterocycles. The van der Waals surface area contributed by atoms with E-state index < -0.39 is 0 Å². The molecule has 1 amide bonds. The molecular formula is C27H29NO2S2. The average Bonchev–Trinajstić information content (AvgIpc) is 3.08. The number of rotatable bonds is 8. The third-order valence-corrected chi connectivity index (χ3v) is 7.42. The molecule has 2 heterocycles. The van der Waals surface area contributed by atoms with Crippen molar-refractivity contribution in [2.24, 2.45) is 5.92 Å². The molecule has 2 aliphatic rings. The topological polar surface area (TPSA) is 29.5 Å². The first-order chi connectivity index (χ1) is 15.6. The standard InChI is InChI=1S/C27H29NO2S2/c1-3-5-11-19(4-2)18-28-26(29)24(32-27(28)31)17-22-16-21-14-9-10-15-23(21)30-25(22)20-12-7-6-8-13-20/h6-10,12-17,19,25H,3-5,11,18H2,1-2H3. The second-order valence-corrected chi connectivity index (χ2v) is 9.98. The maximum atomic E-state index is 13.3. The lowest BCUT2D eigenvalue weighted by molar-refractivity contribution is -0.122. The number of nitrogens with zero attached hydrogens (tertiary/aromatic N) is 1. The number of amides is 1. The summed E-state index contributed by atoms with van der Waals surface area (Å²) in [5.74, 6) is 1.35. The molecule has 2 atom stereocenters. The minimum Gasteiger partial charge on any atom is -0.480 e. The highest BCUT2D eigenvalue weighted by Crippen LogP contribution is 2.41. The molecule has 5 heteroatoms. The van der Waals surface area contributed by atoms with E-state index in [1.165, 1.54) is 24.6 Å². The van der Waals surface area contributed by atoms with E-state index in [9.17, 15) is 4.79 Å². The Bertz CT molecular complexity index is 1040. The number of fused-ring (bicyclic) bond motifs is 1. The first-order valence-corrected chi connectivity index (χ1v) is 12.6. The minimum atomic E-state index is -0.262. The Morgan fingerprint density at radius 1 is 1.12 bits per heavy atom. The SMILES string of the molecule is CCCCC(CC)CN1C(=O)C(=CC2=Cc3ccccc3OC2c2ccccc2)SC1=S. The molecule has 32 heavy (non-hydrogen) atoms. The number of para-hydroxylation sites is 1. The van der Waals surface area contributed by atoms with E-state index in [0.29, 0.717) is 21.7 Å². The Balaban J connectivity index is 1.62. The molecule has 2 aromatic carbocycles. The van der Waals surface area contributed by atoms with E-state index in [1.54, 1.807) is 4.90 Å². The molecule has 0 bridgehead atoms. The Hall–Kier alpha value is -2.37. The van der Waals surface area contributed by atoms with Gasteiger partial charge in [0.05, 0.1) is 4.91 Å². The van der Waals surface area contributed by atoms with Crippen molar-refractivity contribution in [2.45, 2.75) is 45.6 Å². The maximum Gasteiger partial charge on any atom is 0.266 e. The summed E-state index contributed by atoms with van der Waals surface area (Å²) in [7, 11) is 0. The van der Waals surface area contributed by atoms with Crippen molar-refractivity contribution in [1.29, 1.82) is 0 Å². The fourth-order valence-electron chi connectivity index (χ4n) is 4.15. The number of thiocarbonyl (C=S) groups is 1. The van der Waals surface area contributed by atoms with Crippen LogP contribution in [0.15, 0.2) is 71.2 Å². The number of hydrogen-bond donors (Lipinski definition) is 0. The van der Waals surface area contributed by atoms with Gasteiger partial charge in [0.2, 0.25) is 0 Å². The fraction of sp³-hybridized carbons (Fsp3) is 0.333. The highest BCUT2D eigenvalue weighted by Gasteiger charge is 2.34. The van der Waals surface area contributed by atoms with Gasteiger partial charge in [-0.05, 0) is 41.7 Å². The third-order valence-electron chi connectivity index (χ3n) is 6.05. The highest BCUT2D eigenvalue weighted by atomic mass is 32.2. The molecule has 0 aliphatic carbocycles. The van der Waals surface area contributed by atoms with Crippen molar-refractivity contribution in [1.82, 2.24) is 4.90 Å². The average molecular weight is 464 g/mol. The van der Waals surface area contributed by atoms with Crippen LogP contribution in [0.3, 0.4) is 0 Å². The van der Waals surface area contributed by atoms with Gasteiger partial charge in [0.25, 0.3) is 5.91 Å². The summed E-state index contributed by atoms with van der Waals surface area (Å²) >= 11 is 7.01. The van der Waals surface area contributed by atoms with Gasteiger partial charge in [-0.15, -0.1) is 0 Å². The van der Waals surface area contributed by atoms with Crippen LogP contribution in [0.5, 0.6) is 5.75 Å². The lowest BCUT2D eigenvalue weighted by Crippen LogP contribution is -2.33. The molecule has 0 saturated carbocycles. The maximum absolute atomic E-state index is 13.3. The molecule has 1 saturated heterocycles. The number of ether oxygens (including phenoxy) is 1. The quantitative estimate of drug-likeness (QED) is 0.307. The van der Waals surface area contributed by atoms with Gasteiger partial charge in [-0.3, -0.25) is 9.69 Å². The summed E-state index contributed by atoms with van der Waals surface area (Å²) < 4.78 is 7.03. The van der Waals surface area contributed by atoms with Crippen LogP contribution in [0.25, 0.3) is 6.08 Å². The summed E-state index contributed by atoms with van der Waals surface area (Å²) in [6.07, 6.45) is 8.38. The van der Waals surface area contributed by atoms with Gasteiger partial charge in [0, 0.05) is 12.1 Å². The Labute approximate surface area is 200 Å². The van der Waals surface area contributed by atoms with Gasteiger partial charge in [-0.25, -0.2) is 0 Å². The van der Waals surface area contributed by atoms with Crippen LogP contribution in [0.4, 0.5) is 0 Å². The molecule has 0 spiro atoms. The molecule has 166 valence electrons. The highest BCUT2D eigenvalue weighted by molar-refractivity contribution is 8.26. The second-order valence-electron chi connectivity index (χ2n) is 8.30. The van der Waals surface area contributed by atoms with Gasteiger partial charge >= 0.3 is 0 Å². The lowest BCUT2D eigenvalue weighted by Gasteiger charge is -2.26. The van der Waals surface area contributed by atoms with Crippen LogP contribution >= 0.6 is 24.0 Å². The number of benzene rings is 2. The summed E-state index contributed by atoms with van der Waals surface area (Å²) in [6, 6.07) is 18.1. The van der Waals surface area contributed by atoms with Crippen molar-refractivity contribution >= 4 is 40.3 Å². The summed E-state index contributed by atoms with van der Waals surface area (Å²) in [4.78, 5) is 15.8. The van der Waals surface area contributed by atoms with Gasteiger partial charge in [0.1, 0.15) is 16.2 Å². The van der Waals surface area contributed by atoms with E-state index in [4.69, 9.17) is 17.0 Å². The van der Waals surface area contributed by atoms with Crippen molar-refractivity contribution in [3.05, 3.63) is 82.3 Å². The Kier molecular flexibility index (Phi) is 7.48. The van der Waals surface area contributed by atoms with Gasteiger partial charge < -0.3 is 4.74 Å². The molecular weight excluding hydrogens is 434 g/mol. The molecule has 1 fully saturated rings. The van der Waals surface area contributed by atoms with Crippen molar-refractivity contribution < 1.29 is 9.53 Å². The number of unbranched alkanes of at least 4 members (excludes halogenated alkanes) is 1. The third kappa shape index (κ3) is 5.00. The van der Waals surface area contributed by atoms with Crippen LogP contribution in [-0.2, 0) is 4.79 Å². The lowest BCUT2D eigenvalue weighted by atomic mass is 9.95. The smallest absolute Gasteiger partial charge is 0.266 e. The van der Waals surface area contributed by atoms with Gasteiger partial charge in [-0.2, -0.15) is 0 Å². The number of carbonyl (C=O) groups is 1. The summed E-state index contributed by atoms with van der Waals surface area (Å²) in [5, 5.41) is 0. The zero-order valence-electron chi connectivity index (χ0n) is 18.6. The molecule has 0 radical (unpaired) electrons. The van der Waals surface area contributed by atoms with E-state index >= 15 is 0 Å². The van der Waals surface area contributed by atoms with Crippen LogP contribution in [0, 0.1) is 5.92 Å². The van der Waals surface area contributed by atoms with Crippen LogP contribution in [-0.4, -0.2) is 21.7 Å². The van der Waals surface area contributed by atoms with Gasteiger partial charge in [-0.1, -0.05) is 106 Å². The van der Waals surface area contributed by atoms with Crippen molar-refractivity contribution in [3.8, 4) is 5.75 Å². The predicted octanol–water partition coefficient (Wildman–Crippen LogP) is 7.16. The monoisotopic (exact) mass is 463 g/mol. The van der Waals surface area contributed by atoms with Crippen molar-refractivity contribution in [2.75, 3.05) is 6.54 Å². The Morgan fingerprint density at radius 3 is 2.62 bits per heavy atom. The van der Waals surface area contributed by atoms with Crippen molar-refractivity contribution in [3.63, 3.8) is 0 Å². The zero-order chi connectivity index (χ0) is 22.5. The van der Waals surface area contributed by atoms with E-state index in [0.717, 1.165) is 35.3 Å². The molecule has 2 aliphatic heterocycles. The fourth-order valence-corrected chi connectivity index (χ4v) is 5.42. The number of thioether (sulfide) groups is 1. The van der Waals surface area contributed by atoms with Gasteiger partial charge in [0.15, 0.2) is 0 Å². The zero-order valence-corrected chi connectivity index (χ0v) is 20.3. The van der Waals surface area contributed by atoms with Crippen LogP contribution in [0.2, 0.25) is 0 Å². The summed E-state index contributed by atoms with van der Waals surface area (Å²) in [5.41, 5.74) is 3.05. The molecule has 4 rings (SSSR count). The number of carbonyl (C=O) groups excluding carboxylic acids is 1. The van der Waals surface area contributed by atoms with E-state index in [2.05, 4.69) is 32.1 Å². The first kappa shape index (κ1) is 22.8. The minimum absolute atomic E-state index is 0.0153. The molecule has 2 unspecified atom stereocenters. The summed E-state index contributed by atoms with van der Waals surface area (Å²) in [6.45, 7) is 5.11. The van der Waals surface area contributed by atoms with E-state index in [1.807, 2.05) is 48.5 Å². The van der Waals surface area contributed by atoms with E-state index in [-0.39, 0.29) is 12.0 Å². The van der Waals surface area contributed by atoms with Crippen LogP contribution in [0.1, 0.15) is 56.8 Å². The normalized spacial score (nSPS) is 20.2. The largest absolute Gasteiger partial charge is 0.480 e. The molecule has 3 nitrogen and oxygen atoms in total. The molecule has 0 N–H and O–H groups in total. The molecule has 2 aromatic rings. The predicted molar refractivity (Wildman–Crippen MR) is 138 cm³/mol. The second kappa shape index (κ2) is 10.5. The first-order valence-electron chi connectivity index (χ1n) is 11.4. The number of hydrogen-bond acceptors (Lipinski definition) is 4.